The fourth-order valence-corrected chi connectivity index (χ4v) is 7.53. The van der Waals surface area contributed by atoms with Gasteiger partial charge in [-0.3, -0.25) is 0 Å². The van der Waals surface area contributed by atoms with Crippen molar-refractivity contribution < 1.29 is 27.6 Å². The molecule has 6 rings (SSSR count). The molecule has 2 aromatic rings. The monoisotopic (exact) mass is 553 g/mol. The number of aromatic hydroxyl groups is 1. The van der Waals surface area contributed by atoms with Gasteiger partial charge in [0, 0.05) is 0 Å². The van der Waals surface area contributed by atoms with Crippen LogP contribution in [0, 0.1) is 27.2 Å². The van der Waals surface area contributed by atoms with Crippen LogP contribution in [0.1, 0.15) is 53.9 Å². The summed E-state index contributed by atoms with van der Waals surface area (Å²) >= 11 is 1.94. The zero-order chi connectivity index (χ0) is 21.9. The van der Waals surface area contributed by atoms with Crippen LogP contribution in [0.4, 0.5) is 0 Å². The zero-order valence-corrected chi connectivity index (χ0v) is 19.6. The Morgan fingerprint density at radius 1 is 1.03 bits per heavy atom. The Kier molecular flexibility index (Phi) is 5.29. The molecule has 0 unspecified atom stereocenters. The molecule has 8 heteroatoms. The molecule has 0 spiro atoms. The van der Waals surface area contributed by atoms with E-state index < -0.39 is 16.1 Å². The fourth-order valence-electron chi connectivity index (χ4n) is 6.33. The van der Waals surface area contributed by atoms with Crippen LogP contribution in [-0.4, -0.2) is 24.0 Å². The standard InChI is InChI=1S/C23H23IO6S/c24-18-2-1-3-19(22(18)25)30-23(26)14-4-5-20(31(27,28)29)17(11-14)21-15-7-12-6-13(9-15)10-16(21)8-12/h1-5,11-13,15-16,21,25H,6-10H2,(H,27,28,29)/p-1. The first-order chi connectivity index (χ1) is 14.7. The molecule has 6 nitrogen and oxygen atoms in total. The van der Waals surface area contributed by atoms with Crippen molar-refractivity contribution in [2.24, 2.45) is 23.7 Å². The molecule has 0 atom stereocenters. The largest absolute Gasteiger partial charge is 0.744 e. The smallest absolute Gasteiger partial charge is 0.343 e. The molecular weight excluding hydrogens is 531 g/mol. The topological polar surface area (TPSA) is 104 Å². The zero-order valence-electron chi connectivity index (χ0n) is 16.7. The molecule has 2 aromatic carbocycles. The molecule has 4 bridgehead atoms. The van der Waals surface area contributed by atoms with Crippen molar-refractivity contribution in [1.29, 1.82) is 0 Å². The lowest BCUT2D eigenvalue weighted by Crippen LogP contribution is -2.44. The minimum atomic E-state index is -4.67. The number of esters is 1. The Labute approximate surface area is 194 Å². The third-order valence-electron chi connectivity index (χ3n) is 7.25. The molecule has 4 aliphatic rings. The molecule has 0 heterocycles. The van der Waals surface area contributed by atoms with E-state index in [9.17, 15) is 22.9 Å². The van der Waals surface area contributed by atoms with E-state index in [4.69, 9.17) is 4.74 Å². The van der Waals surface area contributed by atoms with Gasteiger partial charge in [0.25, 0.3) is 0 Å². The number of halogens is 1. The van der Waals surface area contributed by atoms with Gasteiger partial charge in [-0.2, -0.15) is 0 Å². The van der Waals surface area contributed by atoms with E-state index in [2.05, 4.69) is 0 Å². The van der Waals surface area contributed by atoms with Gasteiger partial charge in [0.05, 0.1) is 14.0 Å². The van der Waals surface area contributed by atoms with Gasteiger partial charge in [-0.05, 0) is 120 Å². The summed E-state index contributed by atoms with van der Waals surface area (Å²) in [6, 6.07) is 8.93. The average Bonchev–Trinajstić information content (AvgIpc) is 2.70. The number of hydrogen-bond donors (Lipinski definition) is 1. The van der Waals surface area contributed by atoms with E-state index in [1.807, 2.05) is 22.6 Å². The quantitative estimate of drug-likeness (QED) is 0.256. The van der Waals surface area contributed by atoms with E-state index in [1.165, 1.54) is 30.7 Å². The molecule has 31 heavy (non-hydrogen) atoms. The Morgan fingerprint density at radius 3 is 2.29 bits per heavy atom. The molecule has 4 aliphatic carbocycles. The van der Waals surface area contributed by atoms with Crippen LogP contribution in [-0.2, 0) is 10.1 Å². The molecule has 0 amide bonds. The van der Waals surface area contributed by atoms with Gasteiger partial charge in [-0.15, -0.1) is 0 Å². The first-order valence-electron chi connectivity index (χ1n) is 10.5. The second-order valence-electron chi connectivity index (χ2n) is 9.14. The van der Waals surface area contributed by atoms with Crippen molar-refractivity contribution >= 4 is 38.7 Å². The van der Waals surface area contributed by atoms with Crippen LogP contribution in [0.25, 0.3) is 0 Å². The highest BCUT2D eigenvalue weighted by molar-refractivity contribution is 14.1. The van der Waals surface area contributed by atoms with Gasteiger partial charge in [0.1, 0.15) is 10.1 Å². The number of hydrogen-bond acceptors (Lipinski definition) is 6. The molecule has 1 N–H and O–H groups in total. The van der Waals surface area contributed by atoms with Crippen LogP contribution in [0.15, 0.2) is 41.3 Å². The van der Waals surface area contributed by atoms with Crippen molar-refractivity contribution in [2.45, 2.75) is 42.9 Å². The predicted octanol–water partition coefficient (Wildman–Crippen LogP) is 4.66. The number of para-hydroxylation sites is 1. The maximum atomic E-state index is 12.8. The fraction of sp³-hybridized carbons (Fsp3) is 0.435. The van der Waals surface area contributed by atoms with Crippen molar-refractivity contribution in [3.63, 3.8) is 0 Å². The summed E-state index contributed by atoms with van der Waals surface area (Å²) in [5, 5.41) is 10.1. The minimum Gasteiger partial charge on any atom is -0.744 e. The number of carbonyl (C=O) groups excluding carboxylic acids is 1. The first kappa shape index (κ1) is 21.2. The van der Waals surface area contributed by atoms with Crippen LogP contribution in [0.2, 0.25) is 0 Å². The highest BCUT2D eigenvalue weighted by Gasteiger charge is 2.49. The van der Waals surface area contributed by atoms with Gasteiger partial charge in [-0.1, -0.05) is 6.07 Å². The molecule has 0 saturated heterocycles. The molecule has 0 aromatic heterocycles. The number of carbonyl (C=O) groups is 1. The predicted molar refractivity (Wildman–Crippen MR) is 120 cm³/mol. The molecule has 0 aliphatic heterocycles. The highest BCUT2D eigenvalue weighted by atomic mass is 127. The van der Waals surface area contributed by atoms with E-state index in [1.54, 1.807) is 12.1 Å². The SMILES string of the molecule is O=C(Oc1cccc(I)c1O)c1ccc(S(=O)(=O)[O-])c(C2C3CC4CC(C3)CC2C4)c1. The maximum Gasteiger partial charge on any atom is 0.343 e. The molecular formula is C23H22IO6S-. The third-order valence-corrected chi connectivity index (χ3v) is 9.03. The minimum absolute atomic E-state index is 0.0228. The average molecular weight is 553 g/mol. The second kappa shape index (κ2) is 7.74. The molecule has 164 valence electrons. The van der Waals surface area contributed by atoms with E-state index >= 15 is 0 Å². The molecule has 4 fully saturated rings. The molecule has 0 radical (unpaired) electrons. The first-order valence-corrected chi connectivity index (χ1v) is 13.0. The maximum absolute atomic E-state index is 12.8. The summed E-state index contributed by atoms with van der Waals surface area (Å²) in [5.41, 5.74) is 0.639. The van der Waals surface area contributed by atoms with E-state index in [-0.39, 0.29) is 27.9 Å². The normalized spacial score (nSPS) is 29.2. The number of phenolic OH excluding ortho intramolecular Hbond substituents is 1. The van der Waals surface area contributed by atoms with E-state index in [0.717, 1.165) is 25.7 Å². The van der Waals surface area contributed by atoms with Gasteiger partial charge in [0.15, 0.2) is 11.5 Å². The Bertz CT molecular complexity index is 1130. The van der Waals surface area contributed by atoms with Crippen molar-refractivity contribution in [3.05, 3.63) is 51.1 Å². The summed E-state index contributed by atoms with van der Waals surface area (Å²) in [6.45, 7) is 0. The summed E-state index contributed by atoms with van der Waals surface area (Å²) < 4.78 is 42.0. The second-order valence-corrected chi connectivity index (χ2v) is 11.6. The lowest BCUT2D eigenvalue weighted by molar-refractivity contribution is -0.00373. The highest BCUT2D eigenvalue weighted by Crippen LogP contribution is 2.60. The number of rotatable bonds is 4. The number of benzene rings is 2. The van der Waals surface area contributed by atoms with Gasteiger partial charge in [0.2, 0.25) is 0 Å². The summed E-state index contributed by atoms with van der Waals surface area (Å²) in [7, 11) is -4.67. The Balaban J connectivity index is 1.52. The van der Waals surface area contributed by atoms with Crippen molar-refractivity contribution in [2.75, 3.05) is 0 Å². The van der Waals surface area contributed by atoms with Crippen LogP contribution in [0.3, 0.4) is 0 Å². The van der Waals surface area contributed by atoms with Crippen LogP contribution < -0.4 is 4.74 Å². The van der Waals surface area contributed by atoms with Gasteiger partial charge >= 0.3 is 5.97 Å². The Hall–Kier alpha value is -1.65. The van der Waals surface area contributed by atoms with Crippen molar-refractivity contribution in [3.8, 4) is 11.5 Å². The van der Waals surface area contributed by atoms with Crippen LogP contribution in [0.5, 0.6) is 11.5 Å². The molecule has 4 saturated carbocycles. The van der Waals surface area contributed by atoms with Gasteiger partial charge in [-0.25, -0.2) is 13.2 Å². The van der Waals surface area contributed by atoms with E-state index in [0.29, 0.717) is 32.8 Å². The van der Waals surface area contributed by atoms with Gasteiger partial charge < -0.3 is 14.4 Å². The summed E-state index contributed by atoms with van der Waals surface area (Å²) in [4.78, 5) is 12.6. The van der Waals surface area contributed by atoms with Crippen molar-refractivity contribution in [1.82, 2.24) is 0 Å². The third kappa shape index (κ3) is 3.87. The summed E-state index contributed by atoms with van der Waals surface area (Å²) in [6.07, 6.45) is 5.49. The number of ether oxygens (including phenoxy) is 1. The lowest BCUT2D eigenvalue weighted by atomic mass is 9.50. The summed E-state index contributed by atoms with van der Waals surface area (Å²) in [5.74, 6) is 1.28. The van der Waals surface area contributed by atoms with Crippen LogP contribution >= 0.6 is 22.6 Å². The lowest BCUT2D eigenvalue weighted by Gasteiger charge is -2.55. The Morgan fingerprint density at radius 2 is 1.68 bits per heavy atom. The number of phenols is 1.